The number of alkyl halides is 3. The number of rotatable bonds is 5. The SMILES string of the molecule is O=C(Cn1cccc(C(F)(F)F)c1=O)N1CCCCC1CCn1cccn1. The van der Waals surface area contributed by atoms with Crippen LogP contribution in [0.4, 0.5) is 13.2 Å². The summed E-state index contributed by atoms with van der Waals surface area (Å²) in [6.07, 6.45) is 3.41. The van der Waals surface area contributed by atoms with Gasteiger partial charge >= 0.3 is 6.18 Å². The number of carbonyl (C=O) groups is 1. The Labute approximate surface area is 154 Å². The maximum absolute atomic E-state index is 12.9. The number of hydrogen-bond donors (Lipinski definition) is 0. The molecule has 6 nitrogen and oxygen atoms in total. The molecule has 146 valence electrons. The van der Waals surface area contributed by atoms with Gasteiger partial charge in [-0.25, -0.2) is 0 Å². The summed E-state index contributed by atoms with van der Waals surface area (Å²) >= 11 is 0. The van der Waals surface area contributed by atoms with E-state index in [0.717, 1.165) is 36.0 Å². The highest BCUT2D eigenvalue weighted by Crippen LogP contribution is 2.26. The number of nitrogens with zero attached hydrogens (tertiary/aromatic N) is 4. The van der Waals surface area contributed by atoms with Gasteiger partial charge < -0.3 is 9.47 Å². The van der Waals surface area contributed by atoms with Crippen LogP contribution in [0.2, 0.25) is 0 Å². The van der Waals surface area contributed by atoms with Crippen molar-refractivity contribution in [2.45, 2.75) is 51.0 Å². The average Bonchev–Trinajstić information content (AvgIpc) is 3.14. The fourth-order valence-corrected chi connectivity index (χ4v) is 3.46. The van der Waals surface area contributed by atoms with E-state index in [4.69, 9.17) is 0 Å². The molecule has 1 fully saturated rings. The highest BCUT2D eigenvalue weighted by atomic mass is 19.4. The van der Waals surface area contributed by atoms with Crippen LogP contribution in [-0.2, 0) is 24.1 Å². The standard InChI is InChI=1S/C18H21F3N4O2/c19-18(20,21)15-6-3-9-23(17(15)27)13-16(26)25-11-2-1-5-14(25)7-12-24-10-4-8-22-24/h3-4,6,8-10,14H,1-2,5,7,11-13H2. The van der Waals surface area contributed by atoms with Gasteiger partial charge in [0.05, 0.1) is 0 Å². The third-order valence-corrected chi connectivity index (χ3v) is 4.83. The van der Waals surface area contributed by atoms with Crippen LogP contribution in [-0.4, -0.2) is 37.7 Å². The van der Waals surface area contributed by atoms with E-state index in [1.807, 2.05) is 12.3 Å². The van der Waals surface area contributed by atoms with Crippen LogP contribution >= 0.6 is 0 Å². The molecule has 0 radical (unpaired) electrons. The van der Waals surface area contributed by atoms with Crippen molar-refractivity contribution in [3.05, 3.63) is 52.7 Å². The van der Waals surface area contributed by atoms with E-state index in [-0.39, 0.29) is 18.5 Å². The normalized spacial score (nSPS) is 17.9. The lowest BCUT2D eigenvalue weighted by Crippen LogP contribution is -2.46. The van der Waals surface area contributed by atoms with Crippen molar-refractivity contribution in [1.29, 1.82) is 0 Å². The molecule has 3 heterocycles. The van der Waals surface area contributed by atoms with Gasteiger partial charge in [0.2, 0.25) is 5.91 Å². The number of aromatic nitrogens is 3. The number of hydrogen-bond acceptors (Lipinski definition) is 3. The third-order valence-electron chi connectivity index (χ3n) is 4.83. The highest BCUT2D eigenvalue weighted by Gasteiger charge is 2.34. The molecule has 1 aliphatic rings. The number of halogens is 3. The van der Waals surface area contributed by atoms with Crippen LogP contribution in [0.5, 0.6) is 0 Å². The smallest absolute Gasteiger partial charge is 0.338 e. The van der Waals surface area contributed by atoms with Crippen molar-refractivity contribution in [2.24, 2.45) is 0 Å². The Morgan fingerprint density at radius 2 is 2.04 bits per heavy atom. The highest BCUT2D eigenvalue weighted by molar-refractivity contribution is 5.76. The maximum atomic E-state index is 12.9. The second-order valence-electron chi connectivity index (χ2n) is 6.65. The minimum absolute atomic E-state index is 0.00282. The lowest BCUT2D eigenvalue weighted by atomic mass is 9.99. The quantitative estimate of drug-likeness (QED) is 0.799. The van der Waals surface area contributed by atoms with E-state index < -0.39 is 17.3 Å². The molecule has 2 aromatic heterocycles. The second-order valence-corrected chi connectivity index (χ2v) is 6.65. The molecule has 0 spiro atoms. The monoisotopic (exact) mass is 382 g/mol. The average molecular weight is 382 g/mol. The Bertz CT molecular complexity index is 830. The molecule has 27 heavy (non-hydrogen) atoms. The van der Waals surface area contributed by atoms with Crippen LogP contribution in [0.1, 0.15) is 31.2 Å². The van der Waals surface area contributed by atoms with Crippen molar-refractivity contribution in [1.82, 2.24) is 19.2 Å². The first-order valence-electron chi connectivity index (χ1n) is 8.90. The zero-order valence-electron chi connectivity index (χ0n) is 14.7. The Kier molecular flexibility index (Phi) is 5.67. The van der Waals surface area contributed by atoms with E-state index in [1.165, 1.54) is 6.20 Å². The predicted octanol–water partition coefficient (Wildman–Crippen LogP) is 2.54. The number of carbonyl (C=O) groups excluding carboxylic acids is 1. The lowest BCUT2D eigenvalue weighted by molar-refractivity contribution is -0.140. The predicted molar refractivity (Wildman–Crippen MR) is 91.9 cm³/mol. The third kappa shape index (κ3) is 4.58. The minimum atomic E-state index is -4.74. The second kappa shape index (κ2) is 7.98. The van der Waals surface area contributed by atoms with Gasteiger partial charge in [0.15, 0.2) is 0 Å². The number of likely N-dealkylation sites (tertiary alicyclic amines) is 1. The van der Waals surface area contributed by atoms with Gasteiger partial charge in [-0.3, -0.25) is 14.3 Å². The summed E-state index contributed by atoms with van der Waals surface area (Å²) in [5.41, 5.74) is -2.45. The van der Waals surface area contributed by atoms with Crippen molar-refractivity contribution < 1.29 is 18.0 Å². The molecule has 1 aliphatic heterocycles. The molecule has 1 saturated heterocycles. The first kappa shape index (κ1) is 19.2. The van der Waals surface area contributed by atoms with Gasteiger partial charge in [-0.15, -0.1) is 0 Å². The summed E-state index contributed by atoms with van der Waals surface area (Å²) in [6.45, 7) is 0.822. The number of pyridine rings is 1. The van der Waals surface area contributed by atoms with Crippen molar-refractivity contribution in [2.75, 3.05) is 6.54 Å². The summed E-state index contributed by atoms with van der Waals surface area (Å²) in [5, 5.41) is 4.14. The molecule has 0 aliphatic carbocycles. The van der Waals surface area contributed by atoms with Crippen LogP contribution < -0.4 is 5.56 Å². The summed E-state index contributed by atoms with van der Waals surface area (Å²) in [4.78, 5) is 26.5. The Balaban J connectivity index is 1.71. The van der Waals surface area contributed by atoms with E-state index in [2.05, 4.69) is 5.10 Å². The lowest BCUT2D eigenvalue weighted by Gasteiger charge is -2.36. The molecule has 0 N–H and O–H groups in total. The largest absolute Gasteiger partial charge is 0.421 e. The zero-order valence-corrected chi connectivity index (χ0v) is 14.7. The van der Waals surface area contributed by atoms with Crippen LogP contribution in [0.15, 0.2) is 41.6 Å². The maximum Gasteiger partial charge on any atom is 0.421 e. The Morgan fingerprint density at radius 1 is 1.22 bits per heavy atom. The molecular formula is C18H21F3N4O2. The fraction of sp³-hybridized carbons (Fsp3) is 0.500. The molecule has 2 aromatic rings. The Hall–Kier alpha value is -2.58. The van der Waals surface area contributed by atoms with E-state index in [1.54, 1.807) is 15.8 Å². The molecule has 0 saturated carbocycles. The molecule has 0 aromatic carbocycles. The first-order valence-corrected chi connectivity index (χ1v) is 8.90. The van der Waals surface area contributed by atoms with Gasteiger partial charge in [0.1, 0.15) is 12.1 Å². The fourth-order valence-electron chi connectivity index (χ4n) is 3.46. The molecule has 3 rings (SSSR count). The summed E-state index contributed by atoms with van der Waals surface area (Å²) in [6, 6.07) is 3.70. The molecule has 1 amide bonds. The van der Waals surface area contributed by atoms with E-state index in [0.29, 0.717) is 19.5 Å². The van der Waals surface area contributed by atoms with Gasteiger partial charge in [-0.2, -0.15) is 18.3 Å². The summed E-state index contributed by atoms with van der Waals surface area (Å²) in [5.74, 6) is -0.332. The number of amides is 1. The van der Waals surface area contributed by atoms with Gasteiger partial charge in [0.25, 0.3) is 5.56 Å². The number of piperidine rings is 1. The molecule has 9 heteroatoms. The first-order chi connectivity index (χ1) is 12.9. The van der Waals surface area contributed by atoms with Crippen molar-refractivity contribution >= 4 is 5.91 Å². The zero-order chi connectivity index (χ0) is 19.4. The molecule has 1 unspecified atom stereocenters. The van der Waals surface area contributed by atoms with E-state index >= 15 is 0 Å². The van der Waals surface area contributed by atoms with Gasteiger partial charge in [-0.05, 0) is 43.9 Å². The molecular weight excluding hydrogens is 361 g/mol. The van der Waals surface area contributed by atoms with Crippen LogP contribution in [0.25, 0.3) is 0 Å². The van der Waals surface area contributed by atoms with Crippen molar-refractivity contribution in [3.8, 4) is 0 Å². The molecule has 1 atom stereocenters. The summed E-state index contributed by atoms with van der Waals surface area (Å²) < 4.78 is 41.3. The minimum Gasteiger partial charge on any atom is -0.338 e. The topological polar surface area (TPSA) is 60.1 Å². The molecule has 0 bridgehead atoms. The van der Waals surface area contributed by atoms with Gasteiger partial charge in [0, 0.05) is 37.7 Å². The summed E-state index contributed by atoms with van der Waals surface area (Å²) in [7, 11) is 0. The van der Waals surface area contributed by atoms with Crippen LogP contribution in [0.3, 0.4) is 0 Å². The number of aryl methyl sites for hydroxylation is 1. The van der Waals surface area contributed by atoms with Crippen molar-refractivity contribution in [3.63, 3.8) is 0 Å². The Morgan fingerprint density at radius 3 is 2.74 bits per heavy atom. The van der Waals surface area contributed by atoms with E-state index in [9.17, 15) is 22.8 Å². The van der Waals surface area contributed by atoms with Gasteiger partial charge in [-0.1, -0.05) is 0 Å². The van der Waals surface area contributed by atoms with Crippen LogP contribution in [0, 0.1) is 0 Å².